The van der Waals surface area contributed by atoms with Crippen molar-refractivity contribution < 1.29 is 18.4 Å². The Hall–Kier alpha value is -2.90. The molecule has 0 saturated carbocycles. The van der Waals surface area contributed by atoms with E-state index in [4.69, 9.17) is 30.0 Å². The lowest BCUT2D eigenvalue weighted by Gasteiger charge is -2.07. The summed E-state index contributed by atoms with van der Waals surface area (Å²) in [6.45, 7) is 0. The fourth-order valence-corrected chi connectivity index (χ4v) is 4.08. The van der Waals surface area contributed by atoms with E-state index in [2.05, 4.69) is 10.1 Å². The molecule has 154 valence electrons. The van der Waals surface area contributed by atoms with Crippen molar-refractivity contribution in [3.63, 3.8) is 0 Å². The van der Waals surface area contributed by atoms with Crippen LogP contribution in [0.15, 0.2) is 63.5 Å². The number of halogens is 1. The fourth-order valence-electron chi connectivity index (χ4n) is 2.86. The first-order chi connectivity index (χ1) is 14.7. The summed E-state index contributed by atoms with van der Waals surface area (Å²) in [5.74, 6) is 4.86. The number of methoxy groups -OCH3 is 2. The van der Waals surface area contributed by atoms with Gasteiger partial charge in [0.2, 0.25) is 5.82 Å². The topological polar surface area (TPSA) is 70.5 Å². The van der Waals surface area contributed by atoms with E-state index < -0.39 is 0 Å². The van der Waals surface area contributed by atoms with Crippen molar-refractivity contribution in [1.29, 1.82) is 0 Å². The van der Waals surface area contributed by atoms with Crippen molar-refractivity contribution in [1.82, 2.24) is 10.1 Å². The van der Waals surface area contributed by atoms with E-state index in [0.29, 0.717) is 40.3 Å². The largest absolute Gasteiger partial charge is 0.497 e. The van der Waals surface area contributed by atoms with Gasteiger partial charge in [-0.2, -0.15) is 4.98 Å². The van der Waals surface area contributed by atoms with Crippen LogP contribution in [-0.2, 0) is 11.5 Å². The van der Waals surface area contributed by atoms with Crippen molar-refractivity contribution in [2.75, 3.05) is 14.2 Å². The molecule has 0 spiro atoms. The number of rotatable bonds is 8. The van der Waals surface area contributed by atoms with Gasteiger partial charge in [0.05, 0.1) is 25.5 Å². The lowest BCUT2D eigenvalue weighted by molar-refractivity contribution is 0.394. The maximum Gasteiger partial charge on any atom is 0.293 e. The molecule has 6 nitrogen and oxygen atoms in total. The first kappa shape index (κ1) is 20.4. The lowest BCUT2D eigenvalue weighted by Crippen LogP contribution is -1.91. The SMILES string of the molecule is COc1ccc(-c2noc(-c3ccc(CSCc4ccccc4Cl)o3)n2)c(OC)c1. The third-order valence-corrected chi connectivity index (χ3v) is 5.78. The summed E-state index contributed by atoms with van der Waals surface area (Å²) in [5, 5.41) is 4.84. The van der Waals surface area contributed by atoms with Crippen molar-refractivity contribution in [2.45, 2.75) is 11.5 Å². The molecule has 2 aromatic carbocycles. The van der Waals surface area contributed by atoms with E-state index in [0.717, 1.165) is 22.1 Å². The maximum atomic E-state index is 6.20. The first-order valence-electron chi connectivity index (χ1n) is 9.14. The van der Waals surface area contributed by atoms with Gasteiger partial charge in [0.25, 0.3) is 5.89 Å². The molecule has 2 heterocycles. The Morgan fingerprint density at radius 3 is 2.67 bits per heavy atom. The molecular formula is C22H19ClN2O4S. The van der Waals surface area contributed by atoms with Crippen LogP contribution in [0.5, 0.6) is 11.5 Å². The molecule has 0 aliphatic carbocycles. The summed E-state index contributed by atoms with van der Waals surface area (Å²) < 4.78 is 21.9. The zero-order valence-electron chi connectivity index (χ0n) is 16.4. The molecule has 0 saturated heterocycles. The number of nitrogens with zero attached hydrogens (tertiary/aromatic N) is 2. The van der Waals surface area contributed by atoms with Crippen molar-refractivity contribution in [3.05, 3.63) is 70.9 Å². The van der Waals surface area contributed by atoms with Crippen LogP contribution in [0.1, 0.15) is 11.3 Å². The summed E-state index contributed by atoms with van der Waals surface area (Å²) >= 11 is 7.92. The summed E-state index contributed by atoms with van der Waals surface area (Å²) in [6.07, 6.45) is 0. The van der Waals surface area contributed by atoms with E-state index >= 15 is 0 Å². The zero-order chi connectivity index (χ0) is 20.9. The minimum atomic E-state index is 0.310. The highest BCUT2D eigenvalue weighted by Crippen LogP contribution is 2.33. The zero-order valence-corrected chi connectivity index (χ0v) is 18.0. The molecule has 0 radical (unpaired) electrons. The van der Waals surface area contributed by atoms with Gasteiger partial charge in [0.15, 0.2) is 5.76 Å². The minimum absolute atomic E-state index is 0.310. The maximum absolute atomic E-state index is 6.20. The van der Waals surface area contributed by atoms with Gasteiger partial charge in [-0.25, -0.2) is 0 Å². The normalized spacial score (nSPS) is 10.9. The van der Waals surface area contributed by atoms with Gasteiger partial charge in [0.1, 0.15) is 17.3 Å². The second kappa shape index (κ2) is 9.28. The average Bonchev–Trinajstić information content (AvgIpc) is 3.44. The number of aromatic nitrogens is 2. The number of hydrogen-bond acceptors (Lipinski definition) is 7. The van der Waals surface area contributed by atoms with Crippen molar-refractivity contribution in [3.8, 4) is 34.5 Å². The highest BCUT2D eigenvalue weighted by atomic mass is 35.5. The molecule has 0 bridgehead atoms. The predicted octanol–water partition coefficient (Wildman–Crippen LogP) is 6.10. The monoisotopic (exact) mass is 442 g/mol. The molecule has 4 aromatic rings. The highest BCUT2D eigenvalue weighted by molar-refractivity contribution is 7.97. The predicted molar refractivity (Wildman–Crippen MR) is 117 cm³/mol. The standard InChI is InChI=1S/C22H19ClN2O4S/c1-26-15-7-9-17(20(11-15)27-2)21-24-22(29-25-21)19-10-8-16(28-19)13-30-12-14-5-3-4-6-18(14)23/h3-11H,12-13H2,1-2H3. The second-order valence-electron chi connectivity index (χ2n) is 6.34. The minimum Gasteiger partial charge on any atom is -0.497 e. The molecule has 0 amide bonds. The molecule has 8 heteroatoms. The van der Waals surface area contributed by atoms with Gasteiger partial charge < -0.3 is 18.4 Å². The number of benzene rings is 2. The van der Waals surface area contributed by atoms with Crippen molar-refractivity contribution >= 4 is 23.4 Å². The van der Waals surface area contributed by atoms with Crippen LogP contribution in [-0.4, -0.2) is 24.4 Å². The van der Waals surface area contributed by atoms with Gasteiger partial charge in [-0.3, -0.25) is 0 Å². The smallest absolute Gasteiger partial charge is 0.293 e. The number of ether oxygens (including phenoxy) is 2. The first-order valence-corrected chi connectivity index (χ1v) is 10.7. The van der Waals surface area contributed by atoms with E-state index in [1.54, 1.807) is 32.0 Å². The van der Waals surface area contributed by atoms with Gasteiger partial charge in [-0.05, 0) is 35.9 Å². The Labute approximate surface area is 183 Å². The van der Waals surface area contributed by atoms with Crippen LogP contribution < -0.4 is 9.47 Å². The molecule has 0 N–H and O–H groups in total. The van der Waals surface area contributed by atoms with Gasteiger partial charge in [-0.15, -0.1) is 11.8 Å². The van der Waals surface area contributed by atoms with E-state index in [1.807, 2.05) is 48.5 Å². The van der Waals surface area contributed by atoms with Crippen LogP contribution in [0, 0.1) is 0 Å². The fraction of sp³-hybridized carbons (Fsp3) is 0.182. The molecule has 0 atom stereocenters. The number of thioether (sulfide) groups is 1. The Morgan fingerprint density at radius 2 is 1.87 bits per heavy atom. The highest BCUT2D eigenvalue weighted by Gasteiger charge is 2.17. The molecular weight excluding hydrogens is 424 g/mol. The third-order valence-electron chi connectivity index (χ3n) is 4.41. The summed E-state index contributed by atoms with van der Waals surface area (Å²) in [7, 11) is 3.18. The number of hydrogen-bond donors (Lipinski definition) is 0. The molecule has 30 heavy (non-hydrogen) atoms. The molecule has 2 aromatic heterocycles. The van der Waals surface area contributed by atoms with Crippen molar-refractivity contribution in [2.24, 2.45) is 0 Å². The number of furan rings is 1. The lowest BCUT2D eigenvalue weighted by atomic mass is 10.2. The Morgan fingerprint density at radius 1 is 1.00 bits per heavy atom. The van der Waals surface area contributed by atoms with Gasteiger partial charge in [0, 0.05) is 16.8 Å². The summed E-state index contributed by atoms with van der Waals surface area (Å²) in [4.78, 5) is 4.45. The summed E-state index contributed by atoms with van der Waals surface area (Å²) in [6, 6.07) is 17.0. The van der Waals surface area contributed by atoms with Gasteiger partial charge >= 0.3 is 0 Å². The van der Waals surface area contributed by atoms with E-state index in [9.17, 15) is 0 Å². The molecule has 0 aliphatic heterocycles. The van der Waals surface area contributed by atoms with Crippen LogP contribution in [0.4, 0.5) is 0 Å². The van der Waals surface area contributed by atoms with Crippen LogP contribution in [0.25, 0.3) is 23.0 Å². The quantitative estimate of drug-likeness (QED) is 0.326. The van der Waals surface area contributed by atoms with Gasteiger partial charge in [-0.1, -0.05) is 35.0 Å². The summed E-state index contributed by atoms with van der Waals surface area (Å²) in [5.41, 5.74) is 1.81. The Balaban J connectivity index is 1.45. The molecule has 0 fully saturated rings. The Kier molecular flexibility index (Phi) is 6.30. The van der Waals surface area contributed by atoms with E-state index in [-0.39, 0.29) is 0 Å². The van der Waals surface area contributed by atoms with Crippen LogP contribution in [0.3, 0.4) is 0 Å². The molecule has 0 aliphatic rings. The molecule has 4 rings (SSSR count). The molecule has 0 unspecified atom stereocenters. The van der Waals surface area contributed by atoms with Crippen LogP contribution in [0.2, 0.25) is 5.02 Å². The third kappa shape index (κ3) is 4.47. The second-order valence-corrected chi connectivity index (χ2v) is 7.73. The average molecular weight is 443 g/mol. The van der Waals surface area contributed by atoms with Crippen LogP contribution >= 0.6 is 23.4 Å². The van der Waals surface area contributed by atoms with E-state index in [1.165, 1.54) is 0 Å². The Bertz CT molecular complexity index is 1140.